The highest BCUT2D eigenvalue weighted by Gasteiger charge is 2.34. The smallest absolute Gasteiger partial charge is 0.257 e. The average molecular weight is 386 g/mol. The molecule has 142 valence electrons. The van der Waals surface area contributed by atoms with Crippen LogP contribution in [-0.2, 0) is 9.59 Å². The molecule has 7 nitrogen and oxygen atoms in total. The van der Waals surface area contributed by atoms with E-state index in [4.69, 9.17) is 0 Å². The zero-order valence-corrected chi connectivity index (χ0v) is 16.1. The molecule has 0 spiro atoms. The molecule has 2 heterocycles. The van der Waals surface area contributed by atoms with Crippen LogP contribution in [0.1, 0.15) is 43.2 Å². The third-order valence-corrected chi connectivity index (χ3v) is 5.23. The molecule has 3 rings (SSSR count). The second kappa shape index (κ2) is 8.39. The van der Waals surface area contributed by atoms with E-state index in [9.17, 15) is 14.4 Å². The number of hydrogen-bond donors (Lipinski definition) is 3. The van der Waals surface area contributed by atoms with Crippen LogP contribution in [0.15, 0.2) is 34.2 Å². The third-order valence-electron chi connectivity index (χ3n) is 4.27. The molecule has 2 amide bonds. The summed E-state index contributed by atoms with van der Waals surface area (Å²) in [5.74, 6) is -0.591. The van der Waals surface area contributed by atoms with Gasteiger partial charge in [0.25, 0.3) is 5.56 Å². The molecule has 0 bridgehead atoms. The number of fused-ring (bicyclic) bond motifs is 1. The molecule has 0 saturated carbocycles. The van der Waals surface area contributed by atoms with E-state index in [1.54, 1.807) is 6.07 Å². The summed E-state index contributed by atoms with van der Waals surface area (Å²) in [6, 6.07) is 7.36. The molecule has 0 aliphatic carbocycles. The van der Waals surface area contributed by atoms with Gasteiger partial charge in [0.1, 0.15) is 5.82 Å². The minimum atomic E-state index is -0.875. The van der Waals surface area contributed by atoms with Gasteiger partial charge in [-0.2, -0.15) is 0 Å². The van der Waals surface area contributed by atoms with Gasteiger partial charge in [0.15, 0.2) is 5.16 Å². The van der Waals surface area contributed by atoms with E-state index in [0.717, 1.165) is 24.2 Å². The number of benzene rings is 1. The van der Waals surface area contributed by atoms with E-state index in [1.807, 2.05) is 25.1 Å². The fourth-order valence-corrected chi connectivity index (χ4v) is 3.86. The quantitative estimate of drug-likeness (QED) is 0.402. The first-order chi connectivity index (χ1) is 13.0. The number of nitrogens with zero attached hydrogens (tertiary/aromatic N) is 1. The van der Waals surface area contributed by atoms with Crippen molar-refractivity contribution in [3.05, 3.63) is 45.7 Å². The molecule has 1 aliphatic heterocycles. The number of carbonyl (C=O) groups is 2. The Balaban J connectivity index is 1.87. The Morgan fingerprint density at radius 3 is 2.93 bits per heavy atom. The van der Waals surface area contributed by atoms with Crippen molar-refractivity contribution in [2.45, 2.75) is 44.2 Å². The van der Waals surface area contributed by atoms with Crippen LogP contribution in [0.2, 0.25) is 0 Å². The number of aromatic amines is 1. The molecule has 1 atom stereocenters. The van der Waals surface area contributed by atoms with Crippen molar-refractivity contribution in [3.8, 4) is 0 Å². The van der Waals surface area contributed by atoms with E-state index in [1.165, 1.54) is 11.8 Å². The molecule has 0 radical (unpaired) electrons. The summed E-state index contributed by atoms with van der Waals surface area (Å²) in [5.41, 5.74) is 1.45. The van der Waals surface area contributed by atoms with Gasteiger partial charge in [-0.05, 0) is 31.0 Å². The van der Waals surface area contributed by atoms with Crippen LogP contribution < -0.4 is 16.2 Å². The van der Waals surface area contributed by atoms with Crippen LogP contribution in [0.5, 0.6) is 0 Å². The Morgan fingerprint density at radius 1 is 1.37 bits per heavy atom. The Labute approximate surface area is 161 Å². The number of aromatic nitrogens is 2. The van der Waals surface area contributed by atoms with Crippen LogP contribution in [0.25, 0.3) is 0 Å². The van der Waals surface area contributed by atoms with Crippen molar-refractivity contribution in [2.24, 2.45) is 0 Å². The lowest BCUT2D eigenvalue weighted by Gasteiger charge is -2.23. The lowest BCUT2D eigenvalue weighted by atomic mass is 9.92. The van der Waals surface area contributed by atoms with Crippen LogP contribution in [0.4, 0.5) is 11.5 Å². The number of unbranched alkanes of at least 4 members (excludes halogenated alkanes) is 1. The third kappa shape index (κ3) is 4.57. The van der Waals surface area contributed by atoms with Crippen molar-refractivity contribution in [1.82, 2.24) is 9.97 Å². The van der Waals surface area contributed by atoms with Crippen molar-refractivity contribution in [1.29, 1.82) is 0 Å². The van der Waals surface area contributed by atoms with E-state index in [0.29, 0.717) is 10.8 Å². The van der Waals surface area contributed by atoms with E-state index < -0.39 is 11.8 Å². The van der Waals surface area contributed by atoms with Gasteiger partial charge in [-0.1, -0.05) is 37.2 Å². The predicted molar refractivity (Wildman–Crippen MR) is 106 cm³/mol. The molecule has 1 aromatic carbocycles. The highest BCUT2D eigenvalue weighted by atomic mass is 32.2. The van der Waals surface area contributed by atoms with Gasteiger partial charge >= 0.3 is 0 Å². The maximum atomic E-state index is 12.8. The molecule has 8 heteroatoms. The molecule has 1 aliphatic rings. The molecule has 0 unspecified atom stereocenters. The normalized spacial score (nSPS) is 15.8. The monoisotopic (exact) mass is 386 g/mol. The van der Waals surface area contributed by atoms with E-state index in [-0.39, 0.29) is 29.3 Å². The number of rotatable bonds is 6. The maximum Gasteiger partial charge on any atom is 0.257 e. The minimum absolute atomic E-state index is 0.0856. The average Bonchev–Trinajstić information content (AvgIpc) is 2.61. The number of nitrogens with one attached hydrogen (secondary N) is 3. The largest absolute Gasteiger partial charge is 0.326 e. The Hall–Kier alpha value is -2.61. The second-order valence-corrected chi connectivity index (χ2v) is 7.58. The molecule has 0 fully saturated rings. The van der Waals surface area contributed by atoms with Crippen molar-refractivity contribution in [3.63, 3.8) is 0 Å². The standard InChI is InChI=1S/C19H22N4O3S/c1-3-4-8-27-19-22-16-15(18(26)23-19)13(10-14(24)21-16)17(25)20-12-7-5-6-11(2)9-12/h5-7,9,13H,3-4,8,10H2,1-2H3,(H,20,25)(H2,21,22,23,24,26)/t13-/m0/s1. The number of carbonyl (C=O) groups excluding carboxylic acids is 2. The summed E-state index contributed by atoms with van der Waals surface area (Å²) in [5, 5.41) is 5.87. The predicted octanol–water partition coefficient (Wildman–Crippen LogP) is 3.04. The molecule has 27 heavy (non-hydrogen) atoms. The first kappa shape index (κ1) is 19.2. The van der Waals surface area contributed by atoms with E-state index in [2.05, 4.69) is 27.5 Å². The number of H-pyrrole nitrogens is 1. The minimum Gasteiger partial charge on any atom is -0.326 e. The van der Waals surface area contributed by atoms with Crippen LogP contribution in [0.3, 0.4) is 0 Å². The van der Waals surface area contributed by atoms with Crippen molar-refractivity contribution < 1.29 is 9.59 Å². The van der Waals surface area contributed by atoms with Gasteiger partial charge in [-0.25, -0.2) is 4.98 Å². The zero-order chi connectivity index (χ0) is 19.4. The number of amides is 2. The van der Waals surface area contributed by atoms with Gasteiger partial charge in [-0.15, -0.1) is 0 Å². The van der Waals surface area contributed by atoms with Crippen LogP contribution in [-0.4, -0.2) is 27.5 Å². The first-order valence-electron chi connectivity index (χ1n) is 8.92. The van der Waals surface area contributed by atoms with Crippen LogP contribution in [0, 0.1) is 6.92 Å². The number of hydrogen-bond acceptors (Lipinski definition) is 5. The fourth-order valence-electron chi connectivity index (χ4n) is 2.91. The van der Waals surface area contributed by atoms with Gasteiger partial charge in [0.05, 0.1) is 11.5 Å². The molecule has 0 saturated heterocycles. The molecule has 3 N–H and O–H groups in total. The summed E-state index contributed by atoms with van der Waals surface area (Å²) in [6.45, 7) is 4.01. The highest BCUT2D eigenvalue weighted by Crippen LogP contribution is 2.30. The molecule has 2 aromatic rings. The van der Waals surface area contributed by atoms with Crippen LogP contribution >= 0.6 is 11.8 Å². The van der Waals surface area contributed by atoms with Crippen molar-refractivity contribution in [2.75, 3.05) is 16.4 Å². The fraction of sp³-hybridized carbons (Fsp3) is 0.368. The van der Waals surface area contributed by atoms with Crippen molar-refractivity contribution >= 4 is 35.1 Å². The lowest BCUT2D eigenvalue weighted by Crippen LogP contribution is -2.36. The summed E-state index contributed by atoms with van der Waals surface area (Å²) in [7, 11) is 0. The Kier molecular flexibility index (Phi) is 5.95. The van der Waals surface area contributed by atoms with E-state index >= 15 is 0 Å². The summed E-state index contributed by atoms with van der Waals surface area (Å²) >= 11 is 1.43. The zero-order valence-electron chi connectivity index (χ0n) is 15.3. The van der Waals surface area contributed by atoms with Gasteiger partial charge in [0, 0.05) is 17.9 Å². The summed E-state index contributed by atoms with van der Waals surface area (Å²) in [4.78, 5) is 44.5. The number of thioether (sulfide) groups is 1. The lowest BCUT2D eigenvalue weighted by molar-refractivity contribution is -0.123. The molecule has 1 aromatic heterocycles. The number of aryl methyl sites for hydroxylation is 1. The summed E-state index contributed by atoms with van der Waals surface area (Å²) < 4.78 is 0. The first-order valence-corrected chi connectivity index (χ1v) is 9.91. The topological polar surface area (TPSA) is 104 Å². The highest BCUT2D eigenvalue weighted by molar-refractivity contribution is 7.99. The summed E-state index contributed by atoms with van der Waals surface area (Å²) in [6.07, 6.45) is 1.96. The Bertz CT molecular complexity index is 925. The maximum absolute atomic E-state index is 12.8. The Morgan fingerprint density at radius 2 is 2.19 bits per heavy atom. The SMILES string of the molecule is CCCCSc1nc2c(c(=O)[nH]1)[C@@H](C(=O)Nc1cccc(C)c1)CC(=O)N2. The van der Waals surface area contributed by atoms with Gasteiger partial charge < -0.3 is 15.6 Å². The van der Waals surface area contributed by atoms with Gasteiger partial charge in [0.2, 0.25) is 11.8 Å². The molecular weight excluding hydrogens is 364 g/mol. The second-order valence-electron chi connectivity index (χ2n) is 6.50. The number of anilines is 2. The van der Waals surface area contributed by atoms with Gasteiger partial charge in [-0.3, -0.25) is 14.4 Å². The molecular formula is C19H22N4O3S.